The van der Waals surface area contributed by atoms with Gasteiger partial charge in [0.2, 0.25) is 0 Å². The Morgan fingerprint density at radius 3 is 2.41 bits per heavy atom. The molecule has 0 spiro atoms. The summed E-state index contributed by atoms with van der Waals surface area (Å²) in [5.41, 5.74) is -0.769. The van der Waals surface area contributed by atoms with Crippen molar-refractivity contribution in [2.24, 2.45) is 0 Å². The zero-order valence-electron chi connectivity index (χ0n) is 12.7. The van der Waals surface area contributed by atoms with Gasteiger partial charge in [-0.25, -0.2) is 4.79 Å². The third-order valence-electron chi connectivity index (χ3n) is 2.31. The Morgan fingerprint density at radius 2 is 1.95 bits per heavy atom. The molecule has 0 aliphatic carbocycles. The first-order valence-corrected chi connectivity index (χ1v) is 7.35. The van der Waals surface area contributed by atoms with Crippen molar-refractivity contribution >= 4 is 17.4 Å². The third-order valence-corrected chi connectivity index (χ3v) is 3.15. The normalized spacial score (nSPS) is 13.8. The maximum Gasteiger partial charge on any atom is 0.407 e. The van der Waals surface area contributed by atoms with Gasteiger partial charge in [0.15, 0.2) is 0 Å². The molecule has 0 aliphatic heterocycles. The second-order valence-corrected chi connectivity index (χ2v) is 6.84. The number of ether oxygens (including phenoxy) is 1. The van der Waals surface area contributed by atoms with Gasteiger partial charge in [0.05, 0.1) is 6.54 Å². The molecule has 0 bridgehead atoms. The van der Waals surface area contributed by atoms with Crippen molar-refractivity contribution in [2.75, 3.05) is 6.54 Å². The minimum absolute atomic E-state index is 0.0777. The van der Waals surface area contributed by atoms with Gasteiger partial charge in [-0.2, -0.15) is 13.2 Å². The van der Waals surface area contributed by atoms with Gasteiger partial charge in [-0.05, 0) is 27.7 Å². The number of aryl methyl sites for hydroxylation is 1. The lowest BCUT2D eigenvalue weighted by atomic mass is 10.2. The van der Waals surface area contributed by atoms with Crippen LogP contribution < -0.4 is 10.6 Å². The molecule has 126 valence electrons. The van der Waals surface area contributed by atoms with Crippen LogP contribution in [-0.2, 0) is 11.3 Å². The number of alkyl carbamates (subject to hydrolysis) is 1. The molecule has 0 aromatic carbocycles. The largest absolute Gasteiger partial charge is 0.444 e. The summed E-state index contributed by atoms with van der Waals surface area (Å²) < 4.78 is 43.7. The molecule has 6 nitrogen and oxygen atoms in total. The van der Waals surface area contributed by atoms with E-state index in [0.717, 1.165) is 0 Å². The summed E-state index contributed by atoms with van der Waals surface area (Å²) in [7, 11) is 0. The summed E-state index contributed by atoms with van der Waals surface area (Å²) >= 11 is 1.21. The number of carbonyl (C=O) groups is 1. The molecule has 1 heterocycles. The first-order valence-electron chi connectivity index (χ1n) is 6.53. The van der Waals surface area contributed by atoms with Crippen molar-refractivity contribution < 1.29 is 22.7 Å². The molecule has 1 amide bonds. The van der Waals surface area contributed by atoms with Gasteiger partial charge in [-0.1, -0.05) is 0 Å². The quantitative estimate of drug-likeness (QED) is 0.861. The highest BCUT2D eigenvalue weighted by atomic mass is 32.1. The molecule has 0 aliphatic rings. The lowest BCUT2D eigenvalue weighted by Crippen LogP contribution is -2.50. The van der Waals surface area contributed by atoms with Crippen LogP contribution in [0.2, 0.25) is 0 Å². The molecule has 0 fully saturated rings. The van der Waals surface area contributed by atoms with Crippen LogP contribution in [0.4, 0.5) is 18.0 Å². The zero-order chi connectivity index (χ0) is 17.0. The van der Waals surface area contributed by atoms with Gasteiger partial charge < -0.3 is 10.1 Å². The third kappa shape index (κ3) is 7.03. The molecule has 22 heavy (non-hydrogen) atoms. The molecule has 10 heteroatoms. The molecule has 1 aromatic rings. The van der Waals surface area contributed by atoms with Crippen molar-refractivity contribution in [3.8, 4) is 0 Å². The predicted octanol–water partition coefficient (Wildman–Crippen LogP) is 2.39. The van der Waals surface area contributed by atoms with Gasteiger partial charge in [-0.3, -0.25) is 5.32 Å². The van der Waals surface area contributed by atoms with Crippen LogP contribution in [0, 0.1) is 6.92 Å². The highest BCUT2D eigenvalue weighted by Crippen LogP contribution is 2.20. The molecule has 1 aromatic heterocycles. The predicted molar refractivity (Wildman–Crippen MR) is 75.6 cm³/mol. The molecule has 1 rings (SSSR count). The first-order chi connectivity index (χ1) is 9.97. The van der Waals surface area contributed by atoms with Gasteiger partial charge in [0.1, 0.15) is 21.7 Å². The molecule has 0 saturated carbocycles. The number of halogens is 3. The summed E-state index contributed by atoms with van der Waals surface area (Å²) in [6.45, 7) is 5.89. The number of alkyl halides is 3. The molecule has 0 saturated heterocycles. The summed E-state index contributed by atoms with van der Waals surface area (Å²) in [5, 5.41) is 13.0. The Bertz CT molecular complexity index is 499. The summed E-state index contributed by atoms with van der Waals surface area (Å²) in [6, 6.07) is -1.90. The monoisotopic (exact) mass is 340 g/mol. The van der Waals surface area contributed by atoms with Crippen molar-refractivity contribution in [3.05, 3.63) is 10.0 Å². The molecular weight excluding hydrogens is 321 g/mol. The highest BCUT2D eigenvalue weighted by Gasteiger charge is 2.39. The smallest absolute Gasteiger partial charge is 0.407 e. The molecular formula is C12H19F3N4O2S. The van der Waals surface area contributed by atoms with E-state index >= 15 is 0 Å². The van der Waals surface area contributed by atoms with Crippen LogP contribution in [-0.4, -0.2) is 40.7 Å². The lowest BCUT2D eigenvalue weighted by molar-refractivity contribution is -0.154. The van der Waals surface area contributed by atoms with Gasteiger partial charge in [-0.15, -0.1) is 21.5 Å². The number of nitrogens with zero attached hydrogens (tertiary/aromatic N) is 2. The highest BCUT2D eigenvalue weighted by molar-refractivity contribution is 7.11. The number of aromatic nitrogens is 2. The van der Waals surface area contributed by atoms with E-state index in [9.17, 15) is 18.0 Å². The maximum absolute atomic E-state index is 12.9. The minimum atomic E-state index is -4.51. The Labute approximate surface area is 130 Å². The Kier molecular flexibility index (Phi) is 6.12. The second kappa shape index (κ2) is 7.23. The van der Waals surface area contributed by atoms with Crippen molar-refractivity contribution in [1.82, 2.24) is 20.8 Å². The second-order valence-electron chi connectivity index (χ2n) is 5.57. The number of rotatable bonds is 5. The van der Waals surface area contributed by atoms with E-state index in [1.807, 2.05) is 0 Å². The van der Waals surface area contributed by atoms with Crippen molar-refractivity contribution in [1.29, 1.82) is 0 Å². The topological polar surface area (TPSA) is 76.1 Å². The fraction of sp³-hybridized carbons (Fsp3) is 0.750. The van der Waals surface area contributed by atoms with Crippen LogP contribution in [0.25, 0.3) is 0 Å². The van der Waals surface area contributed by atoms with E-state index < -0.39 is 30.5 Å². The first kappa shape index (κ1) is 18.6. The Balaban J connectivity index is 2.53. The van der Waals surface area contributed by atoms with E-state index in [2.05, 4.69) is 20.8 Å². The van der Waals surface area contributed by atoms with Crippen molar-refractivity contribution in [3.63, 3.8) is 0 Å². The van der Waals surface area contributed by atoms with E-state index in [1.54, 1.807) is 27.7 Å². The Hall–Kier alpha value is -1.42. The standard InChI is InChI=1S/C12H19F3N4O2S/c1-7-18-19-9(22-7)6-16-8(12(13,14)15)5-17-10(20)21-11(2,3)4/h8,16H,5-6H2,1-4H3,(H,17,20). The average molecular weight is 340 g/mol. The Morgan fingerprint density at radius 1 is 1.32 bits per heavy atom. The van der Waals surface area contributed by atoms with E-state index in [4.69, 9.17) is 4.74 Å². The molecule has 0 radical (unpaired) electrons. The van der Waals surface area contributed by atoms with Gasteiger partial charge >= 0.3 is 12.3 Å². The van der Waals surface area contributed by atoms with E-state index in [0.29, 0.717) is 10.0 Å². The van der Waals surface area contributed by atoms with Crippen LogP contribution in [0.5, 0.6) is 0 Å². The van der Waals surface area contributed by atoms with Gasteiger partial charge in [0.25, 0.3) is 0 Å². The van der Waals surface area contributed by atoms with Crippen LogP contribution >= 0.6 is 11.3 Å². The molecule has 2 N–H and O–H groups in total. The molecule has 1 unspecified atom stereocenters. The summed E-state index contributed by atoms with van der Waals surface area (Å²) in [5.74, 6) is 0. The summed E-state index contributed by atoms with van der Waals surface area (Å²) in [6.07, 6.45) is -5.40. The fourth-order valence-corrected chi connectivity index (χ4v) is 2.08. The number of hydrogen-bond acceptors (Lipinski definition) is 6. The SMILES string of the molecule is Cc1nnc(CNC(CNC(=O)OC(C)(C)C)C(F)(F)F)s1. The number of amides is 1. The lowest BCUT2D eigenvalue weighted by Gasteiger charge is -2.23. The fourth-order valence-electron chi connectivity index (χ4n) is 1.42. The maximum atomic E-state index is 12.9. The number of nitrogens with one attached hydrogen (secondary N) is 2. The number of carbonyl (C=O) groups excluding carboxylic acids is 1. The van der Waals surface area contributed by atoms with Crippen LogP contribution in [0.3, 0.4) is 0 Å². The number of hydrogen-bond donors (Lipinski definition) is 2. The van der Waals surface area contributed by atoms with Crippen LogP contribution in [0.15, 0.2) is 0 Å². The molecule has 1 atom stereocenters. The average Bonchev–Trinajstić information content (AvgIpc) is 2.70. The van der Waals surface area contributed by atoms with Gasteiger partial charge in [0, 0.05) is 6.54 Å². The van der Waals surface area contributed by atoms with E-state index in [1.165, 1.54) is 11.3 Å². The van der Waals surface area contributed by atoms with Crippen molar-refractivity contribution in [2.45, 2.75) is 52.1 Å². The summed E-state index contributed by atoms with van der Waals surface area (Å²) in [4.78, 5) is 11.4. The minimum Gasteiger partial charge on any atom is -0.444 e. The van der Waals surface area contributed by atoms with E-state index in [-0.39, 0.29) is 6.54 Å². The zero-order valence-corrected chi connectivity index (χ0v) is 13.6. The van der Waals surface area contributed by atoms with Crippen LogP contribution in [0.1, 0.15) is 30.8 Å².